The van der Waals surface area contributed by atoms with E-state index in [1.807, 2.05) is 24.0 Å². The van der Waals surface area contributed by atoms with Crippen LogP contribution in [0.4, 0.5) is 18.9 Å². The molecule has 0 spiro atoms. The highest BCUT2D eigenvalue weighted by Gasteiger charge is 2.43. The summed E-state index contributed by atoms with van der Waals surface area (Å²) in [5.41, 5.74) is 2.21. The van der Waals surface area contributed by atoms with E-state index in [1.165, 1.54) is 12.1 Å². The summed E-state index contributed by atoms with van der Waals surface area (Å²) in [6, 6.07) is 12.2. The number of aryl methyl sites for hydroxylation is 1. The zero-order chi connectivity index (χ0) is 23.0. The lowest BCUT2D eigenvalue weighted by Gasteiger charge is -2.33. The van der Waals surface area contributed by atoms with Gasteiger partial charge in [0, 0.05) is 19.2 Å². The molecule has 168 valence electrons. The minimum absolute atomic E-state index is 0.0337. The molecule has 2 heterocycles. The van der Waals surface area contributed by atoms with E-state index in [1.54, 1.807) is 12.1 Å². The number of imide groups is 1. The van der Waals surface area contributed by atoms with Gasteiger partial charge in [0.25, 0.3) is 11.8 Å². The number of rotatable bonds is 4. The Bertz CT molecular complexity index is 1080. The molecule has 2 aromatic rings. The smallest absolute Gasteiger partial charge is 0.406 e. The van der Waals surface area contributed by atoms with E-state index in [-0.39, 0.29) is 11.3 Å². The van der Waals surface area contributed by atoms with E-state index >= 15 is 0 Å². The average Bonchev–Trinajstić information content (AvgIpc) is 2.98. The quantitative estimate of drug-likeness (QED) is 0.629. The van der Waals surface area contributed by atoms with E-state index in [0.717, 1.165) is 35.4 Å². The predicted octanol–water partition coefficient (Wildman–Crippen LogP) is 4.91. The number of hydrogen-bond donors (Lipinski definition) is 0. The third kappa shape index (κ3) is 4.35. The zero-order valence-corrected chi connectivity index (χ0v) is 17.8. The molecule has 2 aliphatic heterocycles. The number of halogens is 3. The summed E-state index contributed by atoms with van der Waals surface area (Å²) in [6.07, 6.45) is -2.95. The Kier molecular flexibility index (Phi) is 5.71. The lowest BCUT2D eigenvalue weighted by Crippen LogP contribution is -2.39. The van der Waals surface area contributed by atoms with Crippen LogP contribution in [0.1, 0.15) is 30.9 Å². The number of benzene rings is 2. The van der Waals surface area contributed by atoms with Crippen molar-refractivity contribution in [3.05, 3.63) is 65.4 Å². The fourth-order valence-electron chi connectivity index (χ4n) is 4.24. The molecule has 32 heavy (non-hydrogen) atoms. The van der Waals surface area contributed by atoms with Gasteiger partial charge < -0.3 is 9.64 Å². The second-order valence-electron chi connectivity index (χ2n) is 8.27. The molecule has 0 bridgehead atoms. The van der Waals surface area contributed by atoms with Gasteiger partial charge in [-0.3, -0.25) is 9.59 Å². The van der Waals surface area contributed by atoms with Crippen LogP contribution in [0.2, 0.25) is 0 Å². The molecule has 0 aliphatic carbocycles. The minimum Gasteiger partial charge on any atom is -0.406 e. The summed E-state index contributed by atoms with van der Waals surface area (Å²) in [6.45, 7) is 5.29. The molecule has 0 aromatic heterocycles. The van der Waals surface area contributed by atoms with Gasteiger partial charge in [0.2, 0.25) is 0 Å². The summed E-state index contributed by atoms with van der Waals surface area (Å²) >= 11 is 0. The standard InChI is InChI=1S/C24H23F3N2O3/c1-15-8-10-17(11-9-15)20-21(28-12-4-5-16(2)14-28)23(31)29(22(20)30)18-6-3-7-19(13-18)32-24(25,26)27/h3,6-11,13,16H,4-5,12,14H2,1-2H3. The van der Waals surface area contributed by atoms with Gasteiger partial charge >= 0.3 is 6.36 Å². The van der Waals surface area contributed by atoms with Crippen LogP contribution < -0.4 is 9.64 Å². The first-order valence-corrected chi connectivity index (χ1v) is 10.4. The van der Waals surface area contributed by atoms with Crippen molar-refractivity contribution in [1.29, 1.82) is 0 Å². The van der Waals surface area contributed by atoms with Gasteiger partial charge in [-0.15, -0.1) is 13.2 Å². The molecule has 0 N–H and O–H groups in total. The van der Waals surface area contributed by atoms with E-state index < -0.39 is 23.9 Å². The van der Waals surface area contributed by atoms with E-state index in [4.69, 9.17) is 0 Å². The number of carbonyl (C=O) groups excluding carboxylic acids is 2. The molecule has 8 heteroatoms. The van der Waals surface area contributed by atoms with Crippen LogP contribution >= 0.6 is 0 Å². The van der Waals surface area contributed by atoms with Crippen molar-refractivity contribution in [1.82, 2.24) is 4.90 Å². The van der Waals surface area contributed by atoms with E-state index in [0.29, 0.717) is 30.3 Å². The van der Waals surface area contributed by atoms with Crippen molar-refractivity contribution in [2.45, 2.75) is 33.1 Å². The maximum absolute atomic E-state index is 13.5. The SMILES string of the molecule is Cc1ccc(C2=C(N3CCCC(C)C3)C(=O)N(c3cccc(OC(F)(F)F)c3)C2=O)cc1. The first-order chi connectivity index (χ1) is 15.1. The van der Waals surface area contributed by atoms with Crippen LogP contribution in [0, 0.1) is 12.8 Å². The highest BCUT2D eigenvalue weighted by atomic mass is 19.4. The zero-order valence-electron chi connectivity index (χ0n) is 17.8. The van der Waals surface area contributed by atoms with Crippen LogP contribution in [0.25, 0.3) is 5.57 Å². The van der Waals surface area contributed by atoms with E-state index in [2.05, 4.69) is 11.7 Å². The number of piperidine rings is 1. The number of hydrogen-bond acceptors (Lipinski definition) is 4. The van der Waals surface area contributed by atoms with Gasteiger partial charge in [-0.1, -0.05) is 42.8 Å². The fraction of sp³-hybridized carbons (Fsp3) is 0.333. The Morgan fingerprint density at radius 3 is 2.41 bits per heavy atom. The highest BCUT2D eigenvalue weighted by molar-refractivity contribution is 6.45. The lowest BCUT2D eigenvalue weighted by atomic mass is 9.97. The number of ether oxygens (including phenoxy) is 1. The molecule has 4 rings (SSSR count). The highest BCUT2D eigenvalue weighted by Crippen LogP contribution is 2.37. The molecule has 1 saturated heterocycles. The molecule has 1 fully saturated rings. The summed E-state index contributed by atoms with van der Waals surface area (Å²) in [7, 11) is 0. The van der Waals surface area contributed by atoms with Crippen molar-refractivity contribution in [2.24, 2.45) is 5.92 Å². The van der Waals surface area contributed by atoms with Gasteiger partial charge in [0.1, 0.15) is 11.4 Å². The van der Waals surface area contributed by atoms with Crippen molar-refractivity contribution in [3.63, 3.8) is 0 Å². The van der Waals surface area contributed by atoms with Crippen molar-refractivity contribution in [3.8, 4) is 5.75 Å². The largest absolute Gasteiger partial charge is 0.573 e. The van der Waals surface area contributed by atoms with Crippen molar-refractivity contribution < 1.29 is 27.5 Å². The third-order valence-corrected chi connectivity index (χ3v) is 5.68. The van der Waals surface area contributed by atoms with Gasteiger partial charge in [-0.05, 0) is 43.4 Å². The lowest BCUT2D eigenvalue weighted by molar-refractivity contribution is -0.274. The Labute approximate surface area is 184 Å². The topological polar surface area (TPSA) is 49.9 Å². The molecule has 2 aliphatic rings. The summed E-state index contributed by atoms with van der Waals surface area (Å²) < 4.78 is 42.0. The molecular formula is C24H23F3N2O3. The van der Waals surface area contributed by atoms with Crippen molar-refractivity contribution in [2.75, 3.05) is 18.0 Å². The number of amides is 2. The summed E-state index contributed by atoms with van der Waals surface area (Å²) in [4.78, 5) is 29.9. The number of alkyl halides is 3. The summed E-state index contributed by atoms with van der Waals surface area (Å²) in [5, 5.41) is 0. The molecule has 1 atom stereocenters. The maximum atomic E-state index is 13.5. The number of carbonyl (C=O) groups is 2. The minimum atomic E-state index is -4.88. The predicted molar refractivity (Wildman–Crippen MR) is 114 cm³/mol. The Morgan fingerprint density at radius 2 is 1.75 bits per heavy atom. The average molecular weight is 444 g/mol. The number of anilines is 1. The van der Waals surface area contributed by atoms with Gasteiger partial charge in [0.05, 0.1) is 11.3 Å². The third-order valence-electron chi connectivity index (χ3n) is 5.68. The summed E-state index contributed by atoms with van der Waals surface area (Å²) in [5.74, 6) is -1.23. The first-order valence-electron chi connectivity index (χ1n) is 10.4. The van der Waals surface area contributed by atoms with Crippen LogP contribution in [-0.4, -0.2) is 36.2 Å². The van der Waals surface area contributed by atoms with Gasteiger partial charge in [-0.2, -0.15) is 0 Å². The van der Waals surface area contributed by atoms with Crippen LogP contribution in [0.3, 0.4) is 0 Å². The normalized spacial score (nSPS) is 19.7. The monoisotopic (exact) mass is 444 g/mol. The number of nitrogens with zero attached hydrogens (tertiary/aromatic N) is 2. The van der Waals surface area contributed by atoms with Crippen molar-refractivity contribution >= 4 is 23.1 Å². The molecule has 5 nitrogen and oxygen atoms in total. The molecule has 2 amide bonds. The van der Waals surface area contributed by atoms with Crippen LogP contribution in [0.15, 0.2) is 54.2 Å². The molecule has 2 aromatic carbocycles. The second kappa shape index (κ2) is 8.33. The Balaban J connectivity index is 1.77. The maximum Gasteiger partial charge on any atom is 0.573 e. The molecule has 0 saturated carbocycles. The van der Waals surface area contributed by atoms with E-state index in [9.17, 15) is 22.8 Å². The van der Waals surface area contributed by atoms with Crippen LogP contribution in [-0.2, 0) is 9.59 Å². The fourth-order valence-corrected chi connectivity index (χ4v) is 4.24. The Morgan fingerprint density at radius 1 is 1.03 bits per heavy atom. The Hall–Kier alpha value is -3.29. The van der Waals surface area contributed by atoms with Gasteiger partial charge in [0.15, 0.2) is 0 Å². The van der Waals surface area contributed by atoms with Gasteiger partial charge in [-0.25, -0.2) is 4.90 Å². The second-order valence-corrected chi connectivity index (χ2v) is 8.27. The molecule has 0 radical (unpaired) electrons. The number of likely N-dealkylation sites (tertiary alicyclic amines) is 1. The first kappa shape index (κ1) is 21.9. The molecule has 1 unspecified atom stereocenters. The van der Waals surface area contributed by atoms with Crippen LogP contribution in [0.5, 0.6) is 5.75 Å². The molecular weight excluding hydrogens is 421 g/mol.